The summed E-state index contributed by atoms with van der Waals surface area (Å²) in [7, 11) is -3.98. The molecule has 39 heavy (non-hydrogen) atoms. The zero-order valence-corrected chi connectivity index (χ0v) is 22.4. The molecule has 3 amide bonds. The Morgan fingerprint density at radius 2 is 1.62 bits per heavy atom. The van der Waals surface area contributed by atoms with Gasteiger partial charge in [0, 0.05) is 32.5 Å². The highest BCUT2D eigenvalue weighted by Gasteiger charge is 2.40. The predicted octanol–water partition coefficient (Wildman–Crippen LogP) is 3.53. The van der Waals surface area contributed by atoms with E-state index in [9.17, 15) is 27.2 Å². The summed E-state index contributed by atoms with van der Waals surface area (Å²) in [5, 5.41) is 2.80. The first-order valence-electron chi connectivity index (χ1n) is 12.7. The zero-order valence-electron chi connectivity index (χ0n) is 21.5. The number of nitrogens with one attached hydrogen (secondary N) is 1. The first kappa shape index (κ1) is 28.0. The van der Waals surface area contributed by atoms with Crippen molar-refractivity contribution in [2.24, 2.45) is 0 Å². The lowest BCUT2D eigenvalue weighted by molar-refractivity contribution is -0.141. The van der Waals surface area contributed by atoms with Crippen molar-refractivity contribution in [3.63, 3.8) is 0 Å². The van der Waals surface area contributed by atoms with E-state index in [1.165, 1.54) is 29.2 Å². The fourth-order valence-corrected chi connectivity index (χ4v) is 6.21. The van der Waals surface area contributed by atoms with Gasteiger partial charge in [-0.2, -0.15) is 0 Å². The second kappa shape index (κ2) is 12.2. The van der Waals surface area contributed by atoms with Gasteiger partial charge in [0.15, 0.2) is 0 Å². The topological polar surface area (TPSA) is 104 Å². The molecule has 1 unspecified atom stereocenters. The van der Waals surface area contributed by atoms with E-state index in [1.54, 1.807) is 31.2 Å². The summed E-state index contributed by atoms with van der Waals surface area (Å²) in [6, 6.07) is 20.1. The Morgan fingerprint density at radius 3 is 2.28 bits per heavy atom. The highest BCUT2D eigenvalue weighted by atomic mass is 32.2. The normalized spacial score (nSPS) is 14.5. The van der Waals surface area contributed by atoms with Gasteiger partial charge in [0.05, 0.1) is 5.56 Å². The monoisotopic (exact) mass is 551 g/mol. The minimum Gasteiger partial charge on any atom is -0.355 e. The quantitative estimate of drug-likeness (QED) is 0.393. The lowest BCUT2D eigenvalue weighted by Gasteiger charge is -2.31. The summed E-state index contributed by atoms with van der Waals surface area (Å²) < 4.78 is 40.1. The maximum Gasteiger partial charge on any atom is 0.269 e. The van der Waals surface area contributed by atoms with Crippen LogP contribution < -0.4 is 5.32 Å². The van der Waals surface area contributed by atoms with Crippen molar-refractivity contribution in [3.8, 4) is 0 Å². The Hall–Kier alpha value is -4.05. The Bertz CT molecular complexity index is 1450. The van der Waals surface area contributed by atoms with Crippen LogP contribution >= 0.6 is 0 Å². The molecule has 0 saturated heterocycles. The van der Waals surface area contributed by atoms with Crippen LogP contribution in [-0.4, -0.2) is 54.5 Å². The fraction of sp³-hybridized carbons (Fsp3) is 0.276. The molecule has 1 heterocycles. The summed E-state index contributed by atoms with van der Waals surface area (Å²) in [4.78, 5) is 40.9. The van der Waals surface area contributed by atoms with Gasteiger partial charge in [0.2, 0.25) is 11.8 Å². The van der Waals surface area contributed by atoms with E-state index in [2.05, 4.69) is 5.32 Å². The zero-order chi connectivity index (χ0) is 28.0. The molecular formula is C29H30FN3O5S. The molecular weight excluding hydrogens is 521 g/mol. The van der Waals surface area contributed by atoms with Crippen molar-refractivity contribution < 1.29 is 27.2 Å². The summed E-state index contributed by atoms with van der Waals surface area (Å²) >= 11 is 0. The molecule has 10 heteroatoms. The summed E-state index contributed by atoms with van der Waals surface area (Å²) in [6.45, 7) is 2.05. The van der Waals surface area contributed by atoms with Gasteiger partial charge in [-0.1, -0.05) is 54.6 Å². The number of fused-ring (bicyclic) bond motifs is 1. The van der Waals surface area contributed by atoms with E-state index in [0.29, 0.717) is 12.1 Å². The third-order valence-corrected chi connectivity index (χ3v) is 8.39. The Kier molecular flexibility index (Phi) is 8.75. The van der Waals surface area contributed by atoms with Crippen LogP contribution in [0.3, 0.4) is 0 Å². The SMILES string of the molecule is CCNC(=O)C(Cc1ccccc1)N(Cc1ccc(F)cc1)C(=O)CCCN1C(=O)c2ccccc2S1(=O)=O. The number of sulfonamides is 1. The Balaban J connectivity index is 1.55. The molecule has 204 valence electrons. The van der Waals surface area contributed by atoms with Crippen LogP contribution in [0.2, 0.25) is 0 Å². The van der Waals surface area contributed by atoms with Crippen LogP contribution in [-0.2, 0) is 32.6 Å². The summed E-state index contributed by atoms with van der Waals surface area (Å²) in [6.07, 6.45) is 0.237. The number of carbonyl (C=O) groups excluding carboxylic acids is 3. The van der Waals surface area contributed by atoms with Gasteiger partial charge in [-0.25, -0.2) is 17.1 Å². The number of nitrogens with zero attached hydrogens (tertiary/aromatic N) is 2. The van der Waals surface area contributed by atoms with Gasteiger partial charge in [-0.15, -0.1) is 0 Å². The molecule has 8 nitrogen and oxygen atoms in total. The molecule has 0 spiro atoms. The van der Waals surface area contributed by atoms with Crippen LogP contribution in [0.5, 0.6) is 0 Å². The number of rotatable bonds is 11. The second-order valence-electron chi connectivity index (χ2n) is 9.23. The van der Waals surface area contributed by atoms with Gasteiger partial charge in [-0.05, 0) is 48.7 Å². The number of carbonyl (C=O) groups is 3. The van der Waals surface area contributed by atoms with Crippen LogP contribution in [0.25, 0.3) is 0 Å². The Morgan fingerprint density at radius 1 is 0.949 bits per heavy atom. The molecule has 1 aliphatic rings. The average molecular weight is 552 g/mol. The largest absolute Gasteiger partial charge is 0.355 e. The minimum atomic E-state index is -3.98. The van der Waals surface area contributed by atoms with Gasteiger partial charge in [0.25, 0.3) is 15.9 Å². The van der Waals surface area contributed by atoms with Crippen molar-refractivity contribution in [3.05, 3.63) is 101 Å². The van der Waals surface area contributed by atoms with Gasteiger partial charge in [-0.3, -0.25) is 14.4 Å². The van der Waals surface area contributed by atoms with E-state index in [1.807, 2.05) is 30.3 Å². The molecule has 0 fully saturated rings. The van der Waals surface area contributed by atoms with Crippen LogP contribution in [0, 0.1) is 5.82 Å². The van der Waals surface area contributed by atoms with Gasteiger partial charge < -0.3 is 10.2 Å². The number of benzene rings is 3. The van der Waals surface area contributed by atoms with Crippen molar-refractivity contribution in [2.45, 2.75) is 43.7 Å². The standard InChI is InChI=1S/C29H30FN3O5S/c1-2-31-28(35)25(19-21-9-4-3-5-10-21)32(20-22-14-16-23(30)17-15-22)27(34)13-8-18-33-29(36)24-11-6-7-12-26(24)39(33,37)38/h3-7,9-12,14-17,25H,2,8,13,18-20H2,1H3,(H,31,35). The molecule has 1 aliphatic heterocycles. The summed E-state index contributed by atoms with van der Waals surface area (Å²) in [5.74, 6) is -1.75. The molecule has 1 N–H and O–H groups in total. The first-order valence-corrected chi connectivity index (χ1v) is 14.2. The van der Waals surface area contributed by atoms with E-state index in [-0.39, 0.29) is 54.6 Å². The molecule has 0 bridgehead atoms. The number of halogens is 1. The molecule has 0 saturated carbocycles. The molecule has 3 aromatic rings. The van der Waals surface area contributed by atoms with Crippen LogP contribution in [0.15, 0.2) is 83.8 Å². The van der Waals surface area contributed by atoms with Crippen LogP contribution in [0.4, 0.5) is 4.39 Å². The number of likely N-dealkylation sites (N-methyl/N-ethyl adjacent to an activating group) is 1. The average Bonchev–Trinajstić information content (AvgIpc) is 3.13. The van der Waals surface area contributed by atoms with Crippen molar-refractivity contribution >= 4 is 27.7 Å². The van der Waals surface area contributed by atoms with E-state index < -0.39 is 27.8 Å². The molecule has 1 atom stereocenters. The second-order valence-corrected chi connectivity index (χ2v) is 11.1. The number of amides is 3. The van der Waals surface area contributed by atoms with E-state index in [0.717, 1.165) is 9.87 Å². The number of hydrogen-bond acceptors (Lipinski definition) is 5. The predicted molar refractivity (Wildman–Crippen MR) is 143 cm³/mol. The van der Waals surface area contributed by atoms with Gasteiger partial charge >= 0.3 is 0 Å². The first-order chi connectivity index (χ1) is 18.7. The highest BCUT2D eigenvalue weighted by Crippen LogP contribution is 2.30. The number of hydrogen-bond donors (Lipinski definition) is 1. The third-order valence-electron chi connectivity index (χ3n) is 6.55. The summed E-state index contributed by atoms with van der Waals surface area (Å²) in [5.41, 5.74) is 1.61. The minimum absolute atomic E-state index is 0.0431. The van der Waals surface area contributed by atoms with Crippen molar-refractivity contribution in [1.29, 1.82) is 0 Å². The molecule has 0 aromatic heterocycles. The van der Waals surface area contributed by atoms with Gasteiger partial charge in [0.1, 0.15) is 16.8 Å². The smallest absolute Gasteiger partial charge is 0.269 e. The highest BCUT2D eigenvalue weighted by molar-refractivity contribution is 7.90. The third kappa shape index (κ3) is 6.34. The fourth-order valence-electron chi connectivity index (χ4n) is 4.60. The van der Waals surface area contributed by atoms with Crippen molar-refractivity contribution in [2.75, 3.05) is 13.1 Å². The lowest BCUT2D eigenvalue weighted by Crippen LogP contribution is -2.50. The molecule has 4 rings (SSSR count). The molecule has 0 radical (unpaired) electrons. The van der Waals surface area contributed by atoms with Crippen molar-refractivity contribution in [1.82, 2.24) is 14.5 Å². The molecule has 3 aromatic carbocycles. The van der Waals surface area contributed by atoms with Crippen LogP contribution in [0.1, 0.15) is 41.3 Å². The molecule has 0 aliphatic carbocycles. The lowest BCUT2D eigenvalue weighted by atomic mass is 10.0. The maximum absolute atomic E-state index is 13.6. The maximum atomic E-state index is 13.6. The Labute approximate surface area is 227 Å². The van der Waals surface area contributed by atoms with E-state index >= 15 is 0 Å². The van der Waals surface area contributed by atoms with E-state index in [4.69, 9.17) is 0 Å².